The topological polar surface area (TPSA) is 86.8 Å². The van der Waals surface area contributed by atoms with Gasteiger partial charge in [0, 0.05) is 18.1 Å². The summed E-state index contributed by atoms with van der Waals surface area (Å²) in [6.45, 7) is 7.17. The van der Waals surface area contributed by atoms with Crippen molar-refractivity contribution in [2.75, 3.05) is 17.4 Å². The summed E-state index contributed by atoms with van der Waals surface area (Å²) in [4.78, 5) is 28.1. The first kappa shape index (κ1) is 30.1. The number of carbonyl (C=O) groups excluding carboxylic acids is 2. The van der Waals surface area contributed by atoms with Crippen LogP contribution < -0.4 is 9.62 Å². The Morgan fingerprint density at radius 2 is 1.62 bits per heavy atom. The van der Waals surface area contributed by atoms with Crippen LogP contribution in [0.3, 0.4) is 0 Å². The van der Waals surface area contributed by atoms with E-state index in [0.29, 0.717) is 17.1 Å². The molecule has 0 unspecified atom stereocenters. The van der Waals surface area contributed by atoms with Crippen LogP contribution in [0, 0.1) is 18.7 Å². The number of hydrogen-bond acceptors (Lipinski definition) is 4. The number of rotatable bonds is 11. The van der Waals surface area contributed by atoms with Crippen LogP contribution in [0.15, 0.2) is 77.7 Å². The van der Waals surface area contributed by atoms with Crippen molar-refractivity contribution in [2.24, 2.45) is 5.92 Å². The average Bonchev–Trinajstić information content (AvgIpc) is 2.89. The van der Waals surface area contributed by atoms with Crippen molar-refractivity contribution in [3.63, 3.8) is 0 Å². The Hall–Kier alpha value is -3.43. The Bertz CT molecular complexity index is 1400. The molecule has 10 heteroatoms. The molecule has 208 valence electrons. The predicted octanol–water partition coefficient (Wildman–Crippen LogP) is 5.17. The molecular formula is C29H33ClFN3O4S. The molecule has 0 aliphatic carbocycles. The molecule has 2 amide bonds. The first-order valence-corrected chi connectivity index (χ1v) is 14.4. The number of carbonyl (C=O) groups is 2. The second kappa shape index (κ2) is 13.1. The molecule has 0 radical (unpaired) electrons. The van der Waals surface area contributed by atoms with Crippen LogP contribution in [0.1, 0.15) is 31.9 Å². The van der Waals surface area contributed by atoms with E-state index in [1.54, 1.807) is 43.3 Å². The number of sulfonamides is 1. The molecule has 3 aromatic carbocycles. The number of hydrogen-bond donors (Lipinski definition) is 1. The van der Waals surface area contributed by atoms with Crippen LogP contribution in [0.2, 0.25) is 5.02 Å². The zero-order valence-electron chi connectivity index (χ0n) is 22.4. The molecule has 0 saturated heterocycles. The van der Waals surface area contributed by atoms with Crippen LogP contribution in [0.25, 0.3) is 0 Å². The van der Waals surface area contributed by atoms with Crippen molar-refractivity contribution < 1.29 is 22.4 Å². The number of halogens is 2. The summed E-state index contributed by atoms with van der Waals surface area (Å²) in [6.07, 6.45) is 0. The summed E-state index contributed by atoms with van der Waals surface area (Å²) in [5.74, 6) is -1.32. The van der Waals surface area contributed by atoms with Gasteiger partial charge in [-0.05, 0) is 73.9 Å². The fourth-order valence-corrected chi connectivity index (χ4v) is 5.47. The third-order valence-corrected chi connectivity index (χ3v) is 8.12. The van der Waals surface area contributed by atoms with Crippen LogP contribution in [-0.4, -0.2) is 44.3 Å². The molecule has 0 fully saturated rings. The van der Waals surface area contributed by atoms with Crippen molar-refractivity contribution in [1.82, 2.24) is 10.2 Å². The molecule has 0 aliphatic heterocycles. The van der Waals surface area contributed by atoms with Crippen molar-refractivity contribution in [3.05, 3.63) is 94.8 Å². The Morgan fingerprint density at radius 1 is 0.974 bits per heavy atom. The zero-order valence-corrected chi connectivity index (χ0v) is 24.0. The summed E-state index contributed by atoms with van der Waals surface area (Å²) in [5.41, 5.74) is 1.66. The van der Waals surface area contributed by atoms with Crippen molar-refractivity contribution in [2.45, 2.75) is 45.2 Å². The first-order valence-electron chi connectivity index (χ1n) is 12.5. The maximum atomic E-state index is 13.8. The van der Waals surface area contributed by atoms with E-state index < -0.39 is 34.3 Å². The van der Waals surface area contributed by atoms with E-state index in [1.165, 1.54) is 29.2 Å². The summed E-state index contributed by atoms with van der Waals surface area (Å²) < 4.78 is 42.1. The molecule has 0 saturated carbocycles. The van der Waals surface area contributed by atoms with Crippen molar-refractivity contribution >= 4 is 39.1 Å². The minimum absolute atomic E-state index is 0.0191. The lowest BCUT2D eigenvalue weighted by Crippen LogP contribution is -2.51. The van der Waals surface area contributed by atoms with Crippen LogP contribution in [0.5, 0.6) is 0 Å². The van der Waals surface area contributed by atoms with Crippen LogP contribution in [0.4, 0.5) is 10.1 Å². The fourth-order valence-electron chi connectivity index (χ4n) is 3.84. The maximum Gasteiger partial charge on any atom is 0.264 e. The van der Waals surface area contributed by atoms with Gasteiger partial charge in [0.25, 0.3) is 10.0 Å². The molecule has 0 aromatic heterocycles. The van der Waals surface area contributed by atoms with Crippen LogP contribution >= 0.6 is 11.6 Å². The normalized spacial score (nSPS) is 12.2. The van der Waals surface area contributed by atoms with Crippen LogP contribution in [-0.2, 0) is 26.2 Å². The number of anilines is 1. The summed E-state index contributed by atoms with van der Waals surface area (Å²) in [6, 6.07) is 17.1. The predicted molar refractivity (Wildman–Crippen MR) is 151 cm³/mol. The van der Waals surface area contributed by atoms with Gasteiger partial charge in [0.05, 0.1) is 10.6 Å². The SMILES string of the molecule is Cc1ccc(S(=O)(=O)N(CC(=O)N(Cc2cccc(Cl)c2)[C@@H](C)C(=O)NCC(C)C)c2ccc(F)cc2)cc1. The summed E-state index contributed by atoms with van der Waals surface area (Å²) in [5, 5.41) is 3.30. The maximum absolute atomic E-state index is 13.8. The van der Waals surface area contributed by atoms with Gasteiger partial charge >= 0.3 is 0 Å². The minimum Gasteiger partial charge on any atom is -0.354 e. The monoisotopic (exact) mass is 573 g/mol. The van der Waals surface area contributed by atoms with E-state index in [1.807, 2.05) is 20.8 Å². The lowest BCUT2D eigenvalue weighted by atomic mass is 10.1. The van der Waals surface area contributed by atoms with Gasteiger partial charge in [0.2, 0.25) is 11.8 Å². The highest BCUT2D eigenvalue weighted by Crippen LogP contribution is 2.25. The van der Waals surface area contributed by atoms with Gasteiger partial charge in [-0.3, -0.25) is 13.9 Å². The molecule has 0 heterocycles. The standard InChI is InChI=1S/C29H33ClFN3O4S/c1-20(2)17-32-29(36)22(4)33(18-23-6-5-7-24(30)16-23)28(35)19-34(26-12-10-25(31)11-13-26)39(37,38)27-14-8-21(3)9-15-27/h5-16,20,22H,17-19H2,1-4H3,(H,32,36)/t22-/m0/s1. The molecular weight excluding hydrogens is 541 g/mol. The second-order valence-corrected chi connectivity index (χ2v) is 12.1. The smallest absolute Gasteiger partial charge is 0.264 e. The van der Waals surface area contributed by atoms with E-state index in [-0.39, 0.29) is 29.0 Å². The number of nitrogens with one attached hydrogen (secondary N) is 1. The highest BCUT2D eigenvalue weighted by atomic mass is 35.5. The Labute approximate surface area is 234 Å². The fraction of sp³-hybridized carbons (Fsp3) is 0.310. The van der Waals surface area contributed by atoms with Gasteiger partial charge in [0.15, 0.2) is 0 Å². The Morgan fingerprint density at radius 3 is 2.21 bits per heavy atom. The van der Waals surface area contributed by atoms with E-state index in [0.717, 1.165) is 22.0 Å². The number of aryl methyl sites for hydroxylation is 1. The molecule has 39 heavy (non-hydrogen) atoms. The molecule has 3 aromatic rings. The van der Waals surface area contributed by atoms with E-state index in [9.17, 15) is 22.4 Å². The second-order valence-electron chi connectivity index (χ2n) is 9.77. The van der Waals surface area contributed by atoms with E-state index in [2.05, 4.69) is 5.32 Å². The first-order chi connectivity index (χ1) is 18.4. The number of nitrogens with zero attached hydrogens (tertiary/aromatic N) is 2. The zero-order chi connectivity index (χ0) is 28.7. The Kier molecular flexibility index (Phi) is 10.1. The third-order valence-electron chi connectivity index (χ3n) is 6.10. The quantitative estimate of drug-likeness (QED) is 0.343. The van der Waals surface area contributed by atoms with Gasteiger partial charge in [-0.1, -0.05) is 55.3 Å². The molecule has 1 N–H and O–H groups in total. The minimum atomic E-state index is -4.22. The van der Waals surface area contributed by atoms with E-state index in [4.69, 9.17) is 11.6 Å². The molecule has 7 nitrogen and oxygen atoms in total. The van der Waals surface area contributed by atoms with Crippen molar-refractivity contribution in [3.8, 4) is 0 Å². The molecule has 3 rings (SSSR count). The highest BCUT2D eigenvalue weighted by molar-refractivity contribution is 7.92. The summed E-state index contributed by atoms with van der Waals surface area (Å²) >= 11 is 6.15. The van der Waals surface area contributed by atoms with E-state index >= 15 is 0 Å². The number of benzene rings is 3. The lowest BCUT2D eigenvalue weighted by Gasteiger charge is -2.32. The largest absolute Gasteiger partial charge is 0.354 e. The van der Waals surface area contributed by atoms with Crippen molar-refractivity contribution in [1.29, 1.82) is 0 Å². The van der Waals surface area contributed by atoms with Gasteiger partial charge in [-0.2, -0.15) is 0 Å². The molecule has 0 bridgehead atoms. The average molecular weight is 574 g/mol. The Balaban J connectivity index is 2.01. The van der Waals surface area contributed by atoms with Gasteiger partial charge < -0.3 is 10.2 Å². The summed E-state index contributed by atoms with van der Waals surface area (Å²) in [7, 11) is -4.22. The number of amides is 2. The molecule has 1 atom stereocenters. The highest BCUT2D eigenvalue weighted by Gasteiger charge is 2.32. The van der Waals surface area contributed by atoms with Gasteiger partial charge in [0.1, 0.15) is 18.4 Å². The lowest BCUT2D eigenvalue weighted by molar-refractivity contribution is -0.139. The molecule has 0 spiro atoms. The third kappa shape index (κ3) is 8.03. The molecule has 0 aliphatic rings. The van der Waals surface area contributed by atoms with Gasteiger partial charge in [-0.25, -0.2) is 12.8 Å². The van der Waals surface area contributed by atoms with Gasteiger partial charge in [-0.15, -0.1) is 0 Å².